The number of amides is 1. The van der Waals surface area contributed by atoms with Crippen LogP contribution in [-0.2, 0) is 16.1 Å². The van der Waals surface area contributed by atoms with Crippen LogP contribution in [0.5, 0.6) is 0 Å². The molecule has 6 rings (SSSR count). The molecule has 3 heterocycles. The smallest absolute Gasteiger partial charge is 0.475 e. The molecule has 2 aliphatic heterocycles. The fourth-order valence-corrected chi connectivity index (χ4v) is 5.53. The number of carboxylic acid groups (broad SMARTS) is 1. The zero-order chi connectivity index (χ0) is 32.0. The predicted octanol–water partition coefficient (Wildman–Crippen LogP) is 6.79. The minimum Gasteiger partial charge on any atom is -0.475 e. The molecule has 1 amide bonds. The highest BCUT2D eigenvalue weighted by atomic mass is 19.4. The fourth-order valence-electron chi connectivity index (χ4n) is 5.53. The number of hydrogen-bond acceptors (Lipinski definition) is 4. The maximum atomic E-state index is 15.3. The van der Waals surface area contributed by atoms with Gasteiger partial charge in [0.25, 0.3) is 0 Å². The summed E-state index contributed by atoms with van der Waals surface area (Å²) in [5.74, 6) is -3.30. The first-order valence-electron chi connectivity index (χ1n) is 14.6. The largest absolute Gasteiger partial charge is 0.490 e. The van der Waals surface area contributed by atoms with E-state index in [9.17, 15) is 18.0 Å². The van der Waals surface area contributed by atoms with Crippen LogP contribution in [0.4, 0.5) is 17.6 Å². The summed E-state index contributed by atoms with van der Waals surface area (Å²) in [6.07, 6.45) is 4.42. The molecule has 0 radical (unpaired) electrons. The van der Waals surface area contributed by atoms with Crippen LogP contribution in [0.15, 0.2) is 72.3 Å². The standard InChI is InChI=1S/C32H31FN4O.C2HF3O2/c33-28-18-24(17-26-27(20-34-32(26)38)25-7-3-1-4-8-25)19-30-31(28)29(35-36-30)14-13-22-9-11-23(12-10-22)21-37-15-5-2-6-16-37;3-2(4,5)1(6)7/h1,3-4,7-14,17-19,27H,2,5-6,15-16,20-21H2,(H,34,38)(H,35,36);(H,6,7)/b14-13+,26-17+;. The number of likely N-dealkylation sites (tertiary alicyclic amines) is 1. The SMILES string of the molecule is O=C(O)C(F)(F)F.O=C1NCC(c2ccccc2)/C1=C\c1cc(F)c2c(/C=C/c3ccc(CN4CCCCC4)cc3)n[nH]c2c1. The van der Waals surface area contributed by atoms with E-state index in [-0.39, 0.29) is 17.6 Å². The number of hydrogen-bond donors (Lipinski definition) is 3. The van der Waals surface area contributed by atoms with E-state index in [4.69, 9.17) is 9.90 Å². The molecule has 2 fully saturated rings. The van der Waals surface area contributed by atoms with Gasteiger partial charge >= 0.3 is 12.1 Å². The number of aromatic amines is 1. The van der Waals surface area contributed by atoms with Crippen LogP contribution in [0.25, 0.3) is 29.1 Å². The molecular weight excluding hydrogens is 588 g/mol. The fraction of sp³-hybridized carbons (Fsp3) is 0.265. The molecule has 1 atom stereocenters. The summed E-state index contributed by atoms with van der Waals surface area (Å²) in [6, 6.07) is 21.8. The van der Waals surface area contributed by atoms with Crippen molar-refractivity contribution in [2.45, 2.75) is 37.9 Å². The molecular formula is C34H32F4N4O3. The van der Waals surface area contributed by atoms with Crippen molar-refractivity contribution in [1.82, 2.24) is 20.4 Å². The summed E-state index contributed by atoms with van der Waals surface area (Å²) in [5.41, 5.74) is 5.84. The Labute approximate surface area is 257 Å². The van der Waals surface area contributed by atoms with Gasteiger partial charge in [-0.05, 0) is 72.5 Å². The molecule has 3 N–H and O–H groups in total. The summed E-state index contributed by atoms with van der Waals surface area (Å²) in [6.45, 7) is 3.89. The molecule has 0 aliphatic carbocycles. The molecule has 2 saturated heterocycles. The first kappa shape index (κ1) is 31.6. The number of aliphatic carboxylic acids is 1. The van der Waals surface area contributed by atoms with Crippen molar-refractivity contribution in [3.8, 4) is 0 Å². The molecule has 0 bridgehead atoms. The molecule has 45 heavy (non-hydrogen) atoms. The van der Waals surface area contributed by atoms with Gasteiger partial charge in [0.15, 0.2) is 0 Å². The molecule has 234 valence electrons. The number of alkyl halides is 3. The van der Waals surface area contributed by atoms with Gasteiger partial charge in [0.05, 0.1) is 16.6 Å². The number of rotatable bonds is 6. The van der Waals surface area contributed by atoms with Crippen LogP contribution < -0.4 is 5.32 Å². The van der Waals surface area contributed by atoms with Crippen molar-refractivity contribution < 1.29 is 32.3 Å². The van der Waals surface area contributed by atoms with Crippen molar-refractivity contribution in [2.75, 3.05) is 19.6 Å². The van der Waals surface area contributed by atoms with Gasteiger partial charge in [-0.3, -0.25) is 14.8 Å². The molecule has 1 unspecified atom stereocenters. The lowest BCUT2D eigenvalue weighted by Crippen LogP contribution is -2.28. The normalized spacial score (nSPS) is 18.3. The Kier molecular flexibility index (Phi) is 9.77. The molecule has 7 nitrogen and oxygen atoms in total. The van der Waals surface area contributed by atoms with Gasteiger partial charge in [0.1, 0.15) is 5.82 Å². The first-order valence-corrected chi connectivity index (χ1v) is 14.6. The van der Waals surface area contributed by atoms with Crippen LogP contribution >= 0.6 is 0 Å². The van der Waals surface area contributed by atoms with Crippen LogP contribution in [0, 0.1) is 5.82 Å². The highest BCUT2D eigenvalue weighted by Gasteiger charge is 2.38. The zero-order valence-corrected chi connectivity index (χ0v) is 24.3. The third-order valence-electron chi connectivity index (χ3n) is 7.80. The van der Waals surface area contributed by atoms with Crippen molar-refractivity contribution in [3.05, 3.63) is 106 Å². The minimum atomic E-state index is -5.08. The van der Waals surface area contributed by atoms with E-state index < -0.39 is 12.1 Å². The van der Waals surface area contributed by atoms with Crippen molar-refractivity contribution in [1.29, 1.82) is 0 Å². The third-order valence-corrected chi connectivity index (χ3v) is 7.80. The number of carbonyl (C=O) groups is 2. The van der Waals surface area contributed by atoms with Crippen LogP contribution in [0.2, 0.25) is 0 Å². The lowest BCUT2D eigenvalue weighted by Gasteiger charge is -2.26. The number of nitrogens with zero attached hydrogens (tertiary/aromatic N) is 2. The van der Waals surface area contributed by atoms with Gasteiger partial charge in [-0.15, -0.1) is 0 Å². The van der Waals surface area contributed by atoms with Crippen molar-refractivity contribution >= 4 is 41.0 Å². The number of H-pyrrole nitrogens is 1. The number of benzene rings is 3. The highest BCUT2D eigenvalue weighted by Crippen LogP contribution is 2.31. The number of nitrogens with one attached hydrogen (secondary N) is 2. The predicted molar refractivity (Wildman–Crippen MR) is 164 cm³/mol. The quantitative estimate of drug-likeness (QED) is 0.163. The summed E-state index contributed by atoms with van der Waals surface area (Å²) < 4.78 is 47.0. The minimum absolute atomic E-state index is 0.0611. The lowest BCUT2D eigenvalue weighted by atomic mass is 9.92. The van der Waals surface area contributed by atoms with Gasteiger partial charge in [-0.25, -0.2) is 9.18 Å². The number of fused-ring (bicyclic) bond motifs is 1. The van der Waals surface area contributed by atoms with Crippen molar-refractivity contribution in [2.24, 2.45) is 0 Å². The Morgan fingerprint density at radius 3 is 2.33 bits per heavy atom. The van der Waals surface area contributed by atoms with E-state index in [1.807, 2.05) is 48.6 Å². The maximum Gasteiger partial charge on any atom is 0.490 e. The maximum absolute atomic E-state index is 15.3. The van der Waals surface area contributed by atoms with E-state index >= 15 is 4.39 Å². The van der Waals surface area contributed by atoms with Gasteiger partial charge in [-0.2, -0.15) is 18.3 Å². The third kappa shape index (κ3) is 8.04. The number of carboxylic acids is 1. The number of piperidine rings is 1. The van der Waals surface area contributed by atoms with E-state index in [0.29, 0.717) is 34.3 Å². The molecule has 11 heteroatoms. The first-order chi connectivity index (χ1) is 21.6. The average Bonchev–Trinajstić information content (AvgIpc) is 3.61. The summed E-state index contributed by atoms with van der Waals surface area (Å²) in [4.78, 5) is 24.0. The molecule has 3 aromatic carbocycles. The molecule has 1 aromatic heterocycles. The van der Waals surface area contributed by atoms with E-state index in [2.05, 4.69) is 44.7 Å². The Bertz CT molecular complexity index is 1710. The second kappa shape index (κ2) is 13.9. The number of carbonyl (C=O) groups excluding carboxylic acids is 1. The zero-order valence-electron chi connectivity index (χ0n) is 24.3. The van der Waals surface area contributed by atoms with Gasteiger partial charge < -0.3 is 10.4 Å². The Morgan fingerprint density at radius 1 is 0.978 bits per heavy atom. The topological polar surface area (TPSA) is 98.3 Å². The van der Waals surface area contributed by atoms with E-state index in [1.165, 1.54) is 44.0 Å². The molecule has 0 spiro atoms. The highest BCUT2D eigenvalue weighted by molar-refractivity contribution is 6.02. The Hall–Kier alpha value is -4.77. The van der Waals surface area contributed by atoms with E-state index in [1.54, 1.807) is 6.08 Å². The molecule has 2 aliphatic rings. The average molecular weight is 621 g/mol. The summed E-state index contributed by atoms with van der Waals surface area (Å²) in [7, 11) is 0. The molecule has 4 aromatic rings. The lowest BCUT2D eigenvalue weighted by molar-refractivity contribution is -0.192. The Balaban J connectivity index is 0.000000515. The summed E-state index contributed by atoms with van der Waals surface area (Å²) >= 11 is 0. The summed E-state index contributed by atoms with van der Waals surface area (Å²) in [5, 5.41) is 17.8. The van der Waals surface area contributed by atoms with Gasteiger partial charge in [0, 0.05) is 24.6 Å². The number of aromatic nitrogens is 2. The van der Waals surface area contributed by atoms with Crippen LogP contribution in [0.3, 0.4) is 0 Å². The number of halogens is 4. The Morgan fingerprint density at radius 2 is 1.67 bits per heavy atom. The van der Waals surface area contributed by atoms with Gasteiger partial charge in [-0.1, -0.05) is 67.1 Å². The van der Waals surface area contributed by atoms with Crippen LogP contribution in [-0.4, -0.2) is 57.9 Å². The van der Waals surface area contributed by atoms with E-state index in [0.717, 1.165) is 17.7 Å². The second-order valence-electron chi connectivity index (χ2n) is 11.0. The monoisotopic (exact) mass is 620 g/mol. The van der Waals surface area contributed by atoms with Crippen molar-refractivity contribution in [3.63, 3.8) is 0 Å². The second-order valence-corrected chi connectivity index (χ2v) is 11.0. The van der Waals surface area contributed by atoms with Gasteiger partial charge in [0.2, 0.25) is 5.91 Å². The molecule has 0 saturated carbocycles. The van der Waals surface area contributed by atoms with Crippen LogP contribution in [0.1, 0.15) is 53.1 Å².